The second kappa shape index (κ2) is 4.50. The van der Waals surface area contributed by atoms with E-state index in [1.54, 1.807) is 0 Å². The van der Waals surface area contributed by atoms with E-state index in [1.807, 2.05) is 0 Å². The Balaban J connectivity index is 3.25. The molecule has 0 aromatic heterocycles. The zero-order valence-corrected chi connectivity index (χ0v) is 9.78. The maximum Gasteiger partial charge on any atom is 0.573 e. The smallest absolute Gasteiger partial charge is 0.405 e. The van der Waals surface area contributed by atoms with E-state index in [1.165, 1.54) is 0 Å². The van der Waals surface area contributed by atoms with Gasteiger partial charge in [-0.1, -0.05) is 0 Å². The Bertz CT molecular complexity index is 436. The zero-order valence-electron chi connectivity index (χ0n) is 7.44. The van der Waals surface area contributed by atoms with Crippen LogP contribution in [0.4, 0.5) is 18.9 Å². The monoisotopic (exact) mass is 317 g/mol. The van der Waals surface area contributed by atoms with Crippen molar-refractivity contribution in [2.24, 2.45) is 0 Å². The molecule has 0 aliphatic heterocycles. The van der Waals surface area contributed by atoms with Crippen LogP contribution < -0.4 is 10.5 Å². The third-order valence-corrected chi connectivity index (χ3v) is 2.43. The lowest BCUT2D eigenvalue weighted by Gasteiger charge is -2.12. The normalized spacial score (nSPS) is 11.3. The minimum absolute atomic E-state index is 0.000849. The number of halogens is 5. The summed E-state index contributed by atoms with van der Waals surface area (Å²) in [5.41, 5.74) is 4.94. The van der Waals surface area contributed by atoms with Crippen molar-refractivity contribution >= 4 is 38.5 Å². The number of ether oxygens (including phenoxy) is 1. The Labute approximate surface area is 101 Å². The summed E-state index contributed by atoms with van der Waals surface area (Å²) in [5, 5.41) is -1.07. The first kappa shape index (κ1) is 13.1. The fourth-order valence-corrected chi connectivity index (χ4v) is 1.42. The average Bonchev–Trinajstić information content (AvgIpc) is 2.07. The number of hydrogen-bond acceptors (Lipinski definition) is 3. The molecule has 0 spiro atoms. The number of nitrogen functional groups attached to an aromatic ring is 1. The maximum absolute atomic E-state index is 12.0. The van der Waals surface area contributed by atoms with E-state index in [2.05, 4.69) is 20.7 Å². The summed E-state index contributed by atoms with van der Waals surface area (Å²) in [5.74, 6) is -0.729. The van der Waals surface area contributed by atoms with Crippen molar-refractivity contribution in [3.63, 3.8) is 0 Å². The molecule has 2 N–H and O–H groups in total. The highest BCUT2D eigenvalue weighted by molar-refractivity contribution is 9.10. The van der Waals surface area contributed by atoms with E-state index < -0.39 is 22.9 Å². The molecular formula is C8H4BrClF3NO2. The summed E-state index contributed by atoms with van der Waals surface area (Å²) in [6, 6.07) is 1.93. The Kier molecular flexibility index (Phi) is 3.69. The van der Waals surface area contributed by atoms with Gasteiger partial charge < -0.3 is 10.5 Å². The Hall–Kier alpha value is -0.950. The predicted molar refractivity (Wildman–Crippen MR) is 55.4 cm³/mol. The predicted octanol–water partition coefficient (Wildman–Crippen LogP) is 3.31. The number of carbonyl (C=O) groups excluding carboxylic acids is 1. The molecule has 1 aromatic rings. The van der Waals surface area contributed by atoms with Gasteiger partial charge in [0.15, 0.2) is 0 Å². The molecular weight excluding hydrogens is 314 g/mol. The molecule has 0 fully saturated rings. The Morgan fingerprint density at radius 3 is 2.44 bits per heavy atom. The first-order valence-corrected chi connectivity index (χ1v) is 4.92. The number of carbonyl (C=O) groups is 1. The minimum Gasteiger partial charge on any atom is -0.405 e. The quantitative estimate of drug-likeness (QED) is 0.672. The molecule has 0 heterocycles. The molecule has 0 unspecified atom stereocenters. The van der Waals surface area contributed by atoms with E-state index in [0.717, 1.165) is 12.1 Å². The fourth-order valence-electron chi connectivity index (χ4n) is 0.932. The van der Waals surface area contributed by atoms with Crippen molar-refractivity contribution < 1.29 is 22.7 Å². The van der Waals surface area contributed by atoms with Crippen molar-refractivity contribution in [3.8, 4) is 5.75 Å². The van der Waals surface area contributed by atoms with E-state index >= 15 is 0 Å². The second-order valence-electron chi connectivity index (χ2n) is 2.69. The van der Waals surface area contributed by atoms with Gasteiger partial charge in [-0.3, -0.25) is 4.79 Å². The molecule has 0 saturated heterocycles. The van der Waals surface area contributed by atoms with Crippen LogP contribution in [0.3, 0.4) is 0 Å². The summed E-state index contributed by atoms with van der Waals surface area (Å²) in [4.78, 5) is 10.9. The van der Waals surface area contributed by atoms with Gasteiger partial charge in [-0.2, -0.15) is 0 Å². The largest absolute Gasteiger partial charge is 0.573 e. The number of benzene rings is 1. The highest BCUT2D eigenvalue weighted by Gasteiger charge is 2.33. The lowest BCUT2D eigenvalue weighted by atomic mass is 10.2. The lowest BCUT2D eigenvalue weighted by Crippen LogP contribution is -2.18. The third-order valence-electron chi connectivity index (χ3n) is 1.54. The van der Waals surface area contributed by atoms with E-state index in [4.69, 9.17) is 17.3 Å². The van der Waals surface area contributed by atoms with Crippen LogP contribution in [0.25, 0.3) is 0 Å². The van der Waals surface area contributed by atoms with Crippen molar-refractivity contribution in [3.05, 3.63) is 22.2 Å². The molecule has 3 nitrogen and oxygen atoms in total. The van der Waals surface area contributed by atoms with Gasteiger partial charge in [-0.15, -0.1) is 13.2 Å². The van der Waals surface area contributed by atoms with Crippen LogP contribution in [-0.2, 0) is 0 Å². The van der Waals surface area contributed by atoms with Crippen molar-refractivity contribution in [2.75, 3.05) is 5.73 Å². The molecule has 0 aliphatic rings. The highest BCUT2D eigenvalue weighted by atomic mass is 79.9. The first-order valence-electron chi connectivity index (χ1n) is 3.75. The van der Waals surface area contributed by atoms with Gasteiger partial charge >= 0.3 is 6.36 Å². The Morgan fingerprint density at radius 2 is 2.00 bits per heavy atom. The van der Waals surface area contributed by atoms with E-state index in [0.29, 0.717) is 0 Å². The van der Waals surface area contributed by atoms with Crippen LogP contribution in [-0.4, -0.2) is 11.6 Å². The first-order chi connectivity index (χ1) is 7.20. The number of nitrogens with two attached hydrogens (primary N) is 1. The number of hydrogen-bond donors (Lipinski definition) is 1. The van der Waals surface area contributed by atoms with Crippen LogP contribution in [0, 0.1) is 0 Å². The molecule has 8 heteroatoms. The van der Waals surface area contributed by atoms with Gasteiger partial charge in [0.25, 0.3) is 5.24 Å². The van der Waals surface area contributed by atoms with E-state index in [9.17, 15) is 18.0 Å². The lowest BCUT2D eigenvalue weighted by molar-refractivity contribution is -0.274. The van der Waals surface area contributed by atoms with Gasteiger partial charge in [0.1, 0.15) is 5.75 Å². The summed E-state index contributed by atoms with van der Waals surface area (Å²) in [6.45, 7) is 0. The second-order valence-corrected chi connectivity index (χ2v) is 3.89. The standard InChI is InChI=1S/C8H4BrClF3NO2/c9-4-1-3(7(10)15)6(2-5(4)14)16-8(11,12)13/h1-2H,14H2. The van der Waals surface area contributed by atoms with Gasteiger partial charge in [0, 0.05) is 16.2 Å². The molecule has 0 aliphatic carbocycles. The van der Waals surface area contributed by atoms with Gasteiger partial charge in [-0.25, -0.2) is 0 Å². The summed E-state index contributed by atoms with van der Waals surface area (Å²) < 4.78 is 39.8. The SMILES string of the molecule is Nc1cc(OC(F)(F)F)c(C(=O)Cl)cc1Br. The van der Waals surface area contributed by atoms with Crippen LogP contribution in [0.15, 0.2) is 16.6 Å². The molecule has 0 saturated carbocycles. The van der Waals surface area contributed by atoms with Crippen molar-refractivity contribution in [2.45, 2.75) is 6.36 Å². The van der Waals surface area contributed by atoms with Crippen LogP contribution in [0.5, 0.6) is 5.75 Å². The third kappa shape index (κ3) is 3.28. The fraction of sp³-hybridized carbons (Fsp3) is 0.125. The minimum atomic E-state index is -4.92. The summed E-state index contributed by atoms with van der Waals surface area (Å²) in [7, 11) is 0. The average molecular weight is 318 g/mol. The van der Waals surface area contributed by atoms with Gasteiger partial charge in [0.05, 0.1) is 5.56 Å². The number of rotatable bonds is 2. The molecule has 0 bridgehead atoms. The molecule has 16 heavy (non-hydrogen) atoms. The van der Waals surface area contributed by atoms with Crippen LogP contribution >= 0.6 is 27.5 Å². The molecule has 1 aromatic carbocycles. The van der Waals surface area contributed by atoms with Gasteiger partial charge in [0.2, 0.25) is 0 Å². The topological polar surface area (TPSA) is 52.3 Å². The molecule has 88 valence electrons. The van der Waals surface area contributed by atoms with Crippen LogP contribution in [0.2, 0.25) is 0 Å². The summed E-state index contributed by atoms with van der Waals surface area (Å²) in [6.07, 6.45) is -4.92. The van der Waals surface area contributed by atoms with Crippen molar-refractivity contribution in [1.82, 2.24) is 0 Å². The highest BCUT2D eigenvalue weighted by Crippen LogP contribution is 2.33. The molecule has 0 atom stereocenters. The number of alkyl halides is 3. The molecule has 0 radical (unpaired) electrons. The van der Waals surface area contributed by atoms with Crippen molar-refractivity contribution in [1.29, 1.82) is 0 Å². The van der Waals surface area contributed by atoms with Gasteiger partial charge in [-0.05, 0) is 33.6 Å². The Morgan fingerprint density at radius 1 is 1.44 bits per heavy atom. The van der Waals surface area contributed by atoms with E-state index in [-0.39, 0.29) is 10.2 Å². The zero-order chi connectivity index (χ0) is 12.5. The summed E-state index contributed by atoms with van der Waals surface area (Å²) >= 11 is 8.07. The maximum atomic E-state index is 12.0. The molecule has 0 amide bonds. The number of anilines is 1. The van der Waals surface area contributed by atoms with Crippen LogP contribution in [0.1, 0.15) is 10.4 Å². The molecule has 1 rings (SSSR count).